The smallest absolute Gasteiger partial charge is 0.307 e. The number of hydrogen-bond acceptors (Lipinski definition) is 3. The number of unbranched alkanes of at least 4 members (excludes halogenated alkanes) is 14. The summed E-state index contributed by atoms with van der Waals surface area (Å²) in [6.07, 6.45) is 26.8. The Kier molecular flexibility index (Phi) is 21.9. The Hall–Kier alpha value is -1.58. The lowest BCUT2D eigenvalue weighted by atomic mass is 9.97. The number of carboxylic acid groups (broad SMARTS) is 1. The Bertz CT molecular complexity index is 470. The van der Waals surface area contributed by atoms with Gasteiger partial charge in [0.15, 0.2) is 0 Å². The second-order valence-corrected chi connectivity index (χ2v) is 8.64. The molecule has 180 valence electrons. The molecule has 0 heterocycles. The van der Waals surface area contributed by atoms with Crippen LogP contribution in [-0.2, 0) is 14.3 Å². The normalized spacial score (nSPS) is 12.2. The lowest BCUT2D eigenvalue weighted by Gasteiger charge is -2.11. The summed E-state index contributed by atoms with van der Waals surface area (Å²) in [5.41, 5.74) is 0. The third kappa shape index (κ3) is 21.4. The number of hydrogen-bond donors (Lipinski definition) is 1. The van der Waals surface area contributed by atoms with Crippen LogP contribution in [0.15, 0.2) is 24.8 Å². The van der Waals surface area contributed by atoms with E-state index in [1.54, 1.807) is 0 Å². The van der Waals surface area contributed by atoms with Gasteiger partial charge in [0, 0.05) is 0 Å². The first-order chi connectivity index (χ1) is 15.1. The molecule has 0 bridgehead atoms. The van der Waals surface area contributed by atoms with Crippen LogP contribution in [0.5, 0.6) is 0 Å². The summed E-state index contributed by atoms with van der Waals surface area (Å²) >= 11 is 0. The fourth-order valence-corrected chi connectivity index (χ4v) is 3.72. The highest BCUT2D eigenvalue weighted by Crippen LogP contribution is 2.17. The number of rotatable bonds is 23. The molecular formula is C27H48O4. The van der Waals surface area contributed by atoms with E-state index < -0.39 is 17.9 Å². The van der Waals surface area contributed by atoms with Crippen LogP contribution < -0.4 is 0 Å². The van der Waals surface area contributed by atoms with Crippen molar-refractivity contribution in [2.75, 3.05) is 6.61 Å². The molecule has 0 aliphatic heterocycles. The molecule has 0 aromatic heterocycles. The number of allylic oxidation sites excluding steroid dienone is 2. The molecule has 0 spiro atoms. The number of aliphatic carboxylic acids is 1. The summed E-state index contributed by atoms with van der Waals surface area (Å²) in [5, 5.41) is 9.26. The molecule has 4 heteroatoms. The zero-order chi connectivity index (χ0) is 23.0. The van der Waals surface area contributed by atoms with Crippen molar-refractivity contribution in [3.05, 3.63) is 24.8 Å². The molecule has 0 fully saturated rings. The van der Waals surface area contributed by atoms with Gasteiger partial charge in [0.2, 0.25) is 0 Å². The van der Waals surface area contributed by atoms with Crippen molar-refractivity contribution in [3.63, 3.8) is 0 Å². The maximum Gasteiger partial charge on any atom is 0.307 e. The summed E-state index contributed by atoms with van der Waals surface area (Å²) in [6.45, 7) is 5.88. The first kappa shape index (κ1) is 29.4. The van der Waals surface area contributed by atoms with E-state index in [0.717, 1.165) is 19.3 Å². The topological polar surface area (TPSA) is 63.6 Å². The molecule has 0 aliphatic carbocycles. The maximum atomic E-state index is 11.6. The molecule has 1 atom stereocenters. The lowest BCUT2D eigenvalue weighted by Crippen LogP contribution is -2.19. The van der Waals surface area contributed by atoms with Crippen molar-refractivity contribution < 1.29 is 19.4 Å². The fourth-order valence-electron chi connectivity index (χ4n) is 3.72. The Morgan fingerprint density at radius 1 is 0.806 bits per heavy atom. The van der Waals surface area contributed by atoms with Gasteiger partial charge in [0.1, 0.15) is 6.61 Å². The highest BCUT2D eigenvalue weighted by atomic mass is 16.5. The second-order valence-electron chi connectivity index (χ2n) is 8.64. The van der Waals surface area contributed by atoms with Gasteiger partial charge < -0.3 is 9.84 Å². The average Bonchev–Trinajstić information content (AvgIpc) is 2.75. The van der Waals surface area contributed by atoms with Gasteiger partial charge in [-0.1, -0.05) is 109 Å². The van der Waals surface area contributed by atoms with Crippen molar-refractivity contribution in [1.29, 1.82) is 0 Å². The van der Waals surface area contributed by atoms with E-state index >= 15 is 0 Å². The Balaban J connectivity index is 3.46. The first-order valence-electron chi connectivity index (χ1n) is 12.8. The molecule has 31 heavy (non-hydrogen) atoms. The SMILES string of the molecule is C=CCOC(=O)CC(CCCCCCCCCC/C=C/CCCCCCCC)C(=O)O. The minimum Gasteiger partial charge on any atom is -0.481 e. The Labute approximate surface area is 191 Å². The van der Waals surface area contributed by atoms with Crippen LogP contribution >= 0.6 is 0 Å². The molecule has 0 aliphatic rings. The molecule has 0 radical (unpaired) electrons. The molecule has 1 unspecified atom stereocenters. The van der Waals surface area contributed by atoms with Gasteiger partial charge in [-0.2, -0.15) is 0 Å². The van der Waals surface area contributed by atoms with Gasteiger partial charge in [0.05, 0.1) is 12.3 Å². The van der Waals surface area contributed by atoms with Gasteiger partial charge in [-0.05, 0) is 32.1 Å². The number of ether oxygens (including phenoxy) is 1. The van der Waals surface area contributed by atoms with Crippen LogP contribution in [0.25, 0.3) is 0 Å². The summed E-state index contributed by atoms with van der Waals surface area (Å²) in [5.74, 6) is -1.99. The van der Waals surface area contributed by atoms with Crippen molar-refractivity contribution in [3.8, 4) is 0 Å². The number of carbonyl (C=O) groups excluding carboxylic acids is 1. The Morgan fingerprint density at radius 2 is 1.29 bits per heavy atom. The predicted octanol–water partition coefficient (Wildman–Crippen LogP) is 8.01. The van der Waals surface area contributed by atoms with Gasteiger partial charge in [-0.25, -0.2) is 0 Å². The zero-order valence-corrected chi connectivity index (χ0v) is 20.1. The van der Waals surface area contributed by atoms with Gasteiger partial charge in [-0.3, -0.25) is 9.59 Å². The minimum atomic E-state index is -0.906. The van der Waals surface area contributed by atoms with Gasteiger partial charge in [-0.15, -0.1) is 0 Å². The summed E-state index contributed by atoms with van der Waals surface area (Å²) in [6, 6.07) is 0. The van der Waals surface area contributed by atoms with Crippen molar-refractivity contribution >= 4 is 11.9 Å². The largest absolute Gasteiger partial charge is 0.481 e. The monoisotopic (exact) mass is 436 g/mol. The van der Waals surface area contributed by atoms with E-state index in [0.29, 0.717) is 6.42 Å². The zero-order valence-electron chi connectivity index (χ0n) is 20.1. The van der Waals surface area contributed by atoms with E-state index in [-0.39, 0.29) is 13.0 Å². The molecule has 0 rings (SSSR count). The first-order valence-corrected chi connectivity index (χ1v) is 12.8. The minimum absolute atomic E-state index is 0.0451. The highest BCUT2D eigenvalue weighted by molar-refractivity contribution is 5.78. The molecule has 0 saturated heterocycles. The summed E-state index contributed by atoms with van der Waals surface area (Å²) in [7, 11) is 0. The third-order valence-corrected chi connectivity index (χ3v) is 5.69. The molecule has 0 aromatic carbocycles. The standard InChI is InChI=1S/C27H48O4/c1-3-5-6-7-8-9-10-11-12-13-14-15-16-17-18-19-20-21-22-25(27(29)30)24-26(28)31-23-4-2/h4,11-12,25H,2-3,5-10,13-24H2,1H3,(H,29,30)/b12-11+. The van der Waals surface area contributed by atoms with Crippen LogP contribution in [0.1, 0.15) is 122 Å². The number of carboxylic acids is 1. The number of esters is 1. The summed E-state index contributed by atoms with van der Waals surface area (Å²) < 4.78 is 4.89. The maximum absolute atomic E-state index is 11.6. The van der Waals surface area contributed by atoms with Crippen molar-refractivity contribution in [1.82, 2.24) is 0 Å². The molecule has 4 nitrogen and oxygen atoms in total. The average molecular weight is 437 g/mol. The van der Waals surface area contributed by atoms with Crippen LogP contribution in [0.2, 0.25) is 0 Å². The van der Waals surface area contributed by atoms with Crippen LogP contribution in [0.3, 0.4) is 0 Å². The van der Waals surface area contributed by atoms with Gasteiger partial charge >= 0.3 is 11.9 Å². The highest BCUT2D eigenvalue weighted by Gasteiger charge is 2.21. The van der Waals surface area contributed by atoms with Crippen LogP contribution in [-0.4, -0.2) is 23.7 Å². The second kappa shape index (κ2) is 23.1. The lowest BCUT2D eigenvalue weighted by molar-refractivity contribution is -0.151. The van der Waals surface area contributed by atoms with E-state index in [4.69, 9.17) is 4.74 Å². The van der Waals surface area contributed by atoms with Crippen molar-refractivity contribution in [2.24, 2.45) is 5.92 Å². The molecule has 0 amide bonds. The van der Waals surface area contributed by atoms with Gasteiger partial charge in [0.25, 0.3) is 0 Å². The molecule has 1 N–H and O–H groups in total. The molecular weight excluding hydrogens is 388 g/mol. The molecule has 0 aromatic rings. The summed E-state index contributed by atoms with van der Waals surface area (Å²) in [4.78, 5) is 22.9. The molecule has 0 saturated carbocycles. The van der Waals surface area contributed by atoms with E-state index in [2.05, 4.69) is 25.7 Å². The fraction of sp³-hybridized carbons (Fsp3) is 0.778. The van der Waals surface area contributed by atoms with E-state index in [9.17, 15) is 14.7 Å². The Morgan fingerprint density at radius 3 is 1.77 bits per heavy atom. The quantitative estimate of drug-likeness (QED) is 0.100. The number of carbonyl (C=O) groups is 2. The predicted molar refractivity (Wildman–Crippen MR) is 130 cm³/mol. The van der Waals surface area contributed by atoms with E-state index in [1.807, 2.05) is 0 Å². The van der Waals surface area contributed by atoms with Crippen LogP contribution in [0, 0.1) is 5.92 Å². The van der Waals surface area contributed by atoms with Crippen molar-refractivity contribution in [2.45, 2.75) is 122 Å². The van der Waals surface area contributed by atoms with E-state index in [1.165, 1.54) is 89.5 Å². The third-order valence-electron chi connectivity index (χ3n) is 5.69. The van der Waals surface area contributed by atoms with Crippen LogP contribution in [0.4, 0.5) is 0 Å².